The first-order valence-electron chi connectivity index (χ1n) is 8.04. The van der Waals surface area contributed by atoms with Gasteiger partial charge < -0.3 is 10.3 Å². The monoisotopic (exact) mass is 362 g/mol. The van der Waals surface area contributed by atoms with Gasteiger partial charge in [0, 0.05) is 41.6 Å². The zero-order valence-electron chi connectivity index (χ0n) is 14.2. The van der Waals surface area contributed by atoms with E-state index in [9.17, 15) is 14.4 Å². The summed E-state index contributed by atoms with van der Waals surface area (Å²) in [6.45, 7) is 1.73. The van der Waals surface area contributed by atoms with E-state index in [0.29, 0.717) is 16.9 Å². The maximum absolute atomic E-state index is 12.4. The molecule has 9 heteroatoms. The van der Waals surface area contributed by atoms with E-state index in [-0.39, 0.29) is 22.7 Å². The standard InChI is InChI=1S/C18H14N6O3/c1-11-9-24-15(17(26)20-11)8-14(22-24)16(25)21-13-4-2-12(3-5-13)18(27)23-7-6-19-10-23/h2-10H,1H3,(H,20,26)(H,21,25). The number of nitrogens with one attached hydrogen (secondary N) is 2. The lowest BCUT2D eigenvalue weighted by molar-refractivity contribution is 0.0959. The molecule has 0 aliphatic rings. The molecule has 0 bridgehead atoms. The number of amides is 1. The Morgan fingerprint density at radius 1 is 1.19 bits per heavy atom. The Labute approximate surface area is 152 Å². The summed E-state index contributed by atoms with van der Waals surface area (Å²) >= 11 is 0. The van der Waals surface area contributed by atoms with Crippen LogP contribution in [0.4, 0.5) is 5.69 Å². The molecule has 1 aromatic carbocycles. The molecule has 9 nitrogen and oxygen atoms in total. The minimum absolute atomic E-state index is 0.115. The Bertz CT molecular complexity index is 1200. The number of hydrogen-bond acceptors (Lipinski definition) is 5. The quantitative estimate of drug-likeness (QED) is 0.573. The van der Waals surface area contributed by atoms with Gasteiger partial charge in [0.1, 0.15) is 11.8 Å². The van der Waals surface area contributed by atoms with E-state index in [1.165, 1.54) is 27.7 Å². The zero-order chi connectivity index (χ0) is 19.0. The summed E-state index contributed by atoms with van der Waals surface area (Å²) < 4.78 is 2.74. The second-order valence-electron chi connectivity index (χ2n) is 5.93. The minimum atomic E-state index is -0.454. The van der Waals surface area contributed by atoms with E-state index in [0.717, 1.165) is 0 Å². The van der Waals surface area contributed by atoms with Gasteiger partial charge in [0.15, 0.2) is 5.69 Å². The normalized spacial score (nSPS) is 10.9. The lowest BCUT2D eigenvalue weighted by Crippen LogP contribution is -2.13. The van der Waals surface area contributed by atoms with Crippen LogP contribution in [0.2, 0.25) is 0 Å². The fraction of sp³-hybridized carbons (Fsp3) is 0.0556. The molecule has 3 heterocycles. The number of nitrogens with zero attached hydrogens (tertiary/aromatic N) is 4. The number of carbonyl (C=O) groups excluding carboxylic acids is 2. The molecule has 0 aliphatic carbocycles. The zero-order valence-corrected chi connectivity index (χ0v) is 14.2. The van der Waals surface area contributed by atoms with Crippen molar-refractivity contribution in [1.82, 2.24) is 24.1 Å². The highest BCUT2D eigenvalue weighted by Gasteiger charge is 2.14. The molecule has 0 unspecified atom stereocenters. The third kappa shape index (κ3) is 3.13. The van der Waals surface area contributed by atoms with Crippen LogP contribution in [0.3, 0.4) is 0 Å². The average molecular weight is 362 g/mol. The molecule has 0 spiro atoms. The fourth-order valence-electron chi connectivity index (χ4n) is 2.65. The van der Waals surface area contributed by atoms with E-state index < -0.39 is 5.91 Å². The van der Waals surface area contributed by atoms with Crippen LogP contribution in [-0.2, 0) is 0 Å². The molecule has 27 heavy (non-hydrogen) atoms. The predicted molar refractivity (Wildman–Crippen MR) is 96.9 cm³/mol. The van der Waals surface area contributed by atoms with Gasteiger partial charge in [0.25, 0.3) is 17.4 Å². The second kappa shape index (κ2) is 6.37. The first-order chi connectivity index (χ1) is 13.0. The number of imidazole rings is 1. The van der Waals surface area contributed by atoms with Crippen LogP contribution in [0.15, 0.2) is 60.0 Å². The van der Waals surface area contributed by atoms with Gasteiger partial charge in [-0.25, -0.2) is 9.50 Å². The predicted octanol–water partition coefficient (Wildman–Crippen LogP) is 1.47. The fourth-order valence-corrected chi connectivity index (χ4v) is 2.65. The number of H-pyrrole nitrogens is 1. The third-order valence-corrected chi connectivity index (χ3v) is 3.96. The van der Waals surface area contributed by atoms with Crippen LogP contribution >= 0.6 is 0 Å². The van der Waals surface area contributed by atoms with Crippen molar-refractivity contribution in [2.45, 2.75) is 6.92 Å². The van der Waals surface area contributed by atoms with E-state index >= 15 is 0 Å². The Morgan fingerprint density at radius 2 is 1.96 bits per heavy atom. The van der Waals surface area contributed by atoms with Crippen molar-refractivity contribution in [2.75, 3.05) is 5.32 Å². The minimum Gasteiger partial charge on any atom is -0.323 e. The number of fused-ring (bicyclic) bond motifs is 1. The highest BCUT2D eigenvalue weighted by molar-refractivity contribution is 6.04. The molecule has 0 saturated heterocycles. The summed E-state index contributed by atoms with van der Waals surface area (Å²) in [5, 5.41) is 6.83. The molecule has 0 radical (unpaired) electrons. The van der Waals surface area contributed by atoms with Gasteiger partial charge in [0.2, 0.25) is 0 Å². The van der Waals surface area contributed by atoms with Gasteiger partial charge in [-0.15, -0.1) is 0 Å². The Kier molecular flexibility index (Phi) is 3.88. The molecular weight excluding hydrogens is 348 g/mol. The summed E-state index contributed by atoms with van der Waals surface area (Å²) in [6, 6.07) is 7.87. The maximum atomic E-state index is 12.4. The van der Waals surface area contributed by atoms with E-state index in [1.54, 1.807) is 43.6 Å². The van der Waals surface area contributed by atoms with E-state index in [2.05, 4.69) is 20.4 Å². The van der Waals surface area contributed by atoms with Crippen molar-refractivity contribution < 1.29 is 9.59 Å². The Hall–Kier alpha value is -4.01. The topological polar surface area (TPSA) is 114 Å². The molecule has 0 aliphatic heterocycles. The molecule has 134 valence electrons. The first kappa shape index (κ1) is 16.5. The number of rotatable bonds is 3. The average Bonchev–Trinajstić information content (AvgIpc) is 3.31. The van der Waals surface area contributed by atoms with Crippen molar-refractivity contribution in [1.29, 1.82) is 0 Å². The van der Waals surface area contributed by atoms with E-state index in [1.807, 2.05) is 0 Å². The molecule has 4 aromatic rings. The molecule has 0 atom stereocenters. The Balaban J connectivity index is 1.54. The van der Waals surface area contributed by atoms with Crippen LogP contribution in [0.25, 0.3) is 5.52 Å². The number of carbonyl (C=O) groups is 2. The van der Waals surface area contributed by atoms with Gasteiger partial charge >= 0.3 is 0 Å². The largest absolute Gasteiger partial charge is 0.323 e. The van der Waals surface area contributed by atoms with Gasteiger partial charge in [-0.3, -0.25) is 19.0 Å². The van der Waals surface area contributed by atoms with Crippen LogP contribution in [0.1, 0.15) is 26.5 Å². The summed E-state index contributed by atoms with van der Waals surface area (Å²) in [7, 11) is 0. The highest BCUT2D eigenvalue weighted by atomic mass is 16.2. The molecular formula is C18H14N6O3. The molecule has 0 saturated carbocycles. The highest BCUT2D eigenvalue weighted by Crippen LogP contribution is 2.13. The molecule has 3 aromatic heterocycles. The number of hydrogen-bond donors (Lipinski definition) is 2. The number of aryl methyl sites for hydroxylation is 1. The lowest BCUT2D eigenvalue weighted by atomic mass is 10.2. The van der Waals surface area contributed by atoms with E-state index in [4.69, 9.17) is 0 Å². The van der Waals surface area contributed by atoms with Crippen molar-refractivity contribution >= 4 is 23.0 Å². The second-order valence-corrected chi connectivity index (χ2v) is 5.93. The molecule has 1 amide bonds. The number of anilines is 1. The van der Waals surface area contributed by atoms with Gasteiger partial charge in [0.05, 0.1) is 0 Å². The van der Waals surface area contributed by atoms with Crippen LogP contribution < -0.4 is 10.9 Å². The van der Waals surface area contributed by atoms with Crippen molar-refractivity contribution in [3.8, 4) is 0 Å². The van der Waals surface area contributed by atoms with Crippen LogP contribution in [0.5, 0.6) is 0 Å². The van der Waals surface area contributed by atoms with Gasteiger partial charge in [-0.1, -0.05) is 0 Å². The van der Waals surface area contributed by atoms with Crippen LogP contribution in [-0.4, -0.2) is 36.0 Å². The van der Waals surface area contributed by atoms with Gasteiger partial charge in [-0.2, -0.15) is 5.10 Å². The molecule has 0 fully saturated rings. The van der Waals surface area contributed by atoms with Gasteiger partial charge in [-0.05, 0) is 31.2 Å². The lowest BCUT2D eigenvalue weighted by Gasteiger charge is -2.05. The number of aromatic nitrogens is 5. The SMILES string of the molecule is Cc1cn2nc(C(=O)Nc3ccc(C(=O)n4ccnc4)cc3)cc2c(=O)[nH]1. The maximum Gasteiger partial charge on any atom is 0.276 e. The summed E-state index contributed by atoms with van der Waals surface area (Å²) in [4.78, 5) is 43.0. The third-order valence-electron chi connectivity index (χ3n) is 3.96. The first-order valence-corrected chi connectivity index (χ1v) is 8.04. The number of benzene rings is 1. The van der Waals surface area contributed by atoms with Crippen molar-refractivity contribution in [3.05, 3.63) is 82.6 Å². The molecule has 2 N–H and O–H groups in total. The molecule has 4 rings (SSSR count). The summed E-state index contributed by atoms with van der Waals surface area (Å²) in [5.41, 5.74) is 1.69. The Morgan fingerprint density at radius 3 is 2.67 bits per heavy atom. The van der Waals surface area contributed by atoms with Crippen molar-refractivity contribution in [2.24, 2.45) is 0 Å². The van der Waals surface area contributed by atoms with Crippen molar-refractivity contribution in [3.63, 3.8) is 0 Å². The number of aromatic amines is 1. The summed E-state index contributed by atoms with van der Waals surface area (Å²) in [5.74, 6) is -0.676. The smallest absolute Gasteiger partial charge is 0.276 e. The van der Waals surface area contributed by atoms with Crippen LogP contribution in [0, 0.1) is 6.92 Å². The summed E-state index contributed by atoms with van der Waals surface area (Å²) in [6.07, 6.45) is 6.13.